The molecule has 1 heterocycles. The van der Waals surface area contributed by atoms with E-state index < -0.39 is 6.10 Å². The lowest BCUT2D eigenvalue weighted by atomic mass is 10.0. The molecule has 0 amide bonds. The van der Waals surface area contributed by atoms with Gasteiger partial charge in [-0.25, -0.2) is 0 Å². The molecule has 0 aliphatic carbocycles. The molecule has 1 N–H and O–H groups in total. The van der Waals surface area contributed by atoms with Gasteiger partial charge in [-0.2, -0.15) is 4.98 Å². The van der Waals surface area contributed by atoms with E-state index in [1.165, 1.54) is 5.56 Å². The molecule has 0 aliphatic heterocycles. The van der Waals surface area contributed by atoms with Crippen molar-refractivity contribution < 1.29 is 9.63 Å². The van der Waals surface area contributed by atoms with Crippen LogP contribution < -0.4 is 0 Å². The maximum absolute atomic E-state index is 9.65. The minimum Gasteiger partial charge on any atom is -0.393 e. The smallest absolute Gasteiger partial charge is 0.232 e. The van der Waals surface area contributed by atoms with Gasteiger partial charge >= 0.3 is 0 Å². The number of hydrogen-bond donors (Lipinski definition) is 1. The Morgan fingerprint density at radius 2 is 1.95 bits per heavy atom. The van der Waals surface area contributed by atoms with Gasteiger partial charge in [-0.05, 0) is 25.3 Å². The molecule has 0 bridgehead atoms. The van der Waals surface area contributed by atoms with Gasteiger partial charge in [0.25, 0.3) is 0 Å². The van der Waals surface area contributed by atoms with E-state index in [4.69, 9.17) is 4.52 Å². The highest BCUT2D eigenvalue weighted by molar-refractivity contribution is 5.15. The number of aromatic nitrogens is 2. The average molecular weight is 260 g/mol. The highest BCUT2D eigenvalue weighted by Crippen LogP contribution is 2.21. The van der Waals surface area contributed by atoms with Crippen LogP contribution in [0, 0.1) is 0 Å². The molecule has 0 radical (unpaired) electrons. The van der Waals surface area contributed by atoms with Gasteiger partial charge in [0.2, 0.25) is 5.89 Å². The number of benzene rings is 1. The van der Waals surface area contributed by atoms with E-state index in [9.17, 15) is 5.11 Å². The zero-order chi connectivity index (χ0) is 13.7. The Morgan fingerprint density at radius 1 is 1.21 bits per heavy atom. The second-order valence-corrected chi connectivity index (χ2v) is 4.79. The van der Waals surface area contributed by atoms with Crippen LogP contribution in [0.3, 0.4) is 0 Å². The zero-order valence-corrected chi connectivity index (χ0v) is 11.4. The van der Waals surface area contributed by atoms with E-state index in [1.807, 2.05) is 25.1 Å². The summed E-state index contributed by atoms with van der Waals surface area (Å²) in [5.74, 6) is 1.18. The van der Waals surface area contributed by atoms with Crippen LogP contribution in [0.2, 0.25) is 0 Å². The van der Waals surface area contributed by atoms with Gasteiger partial charge in [0.05, 0.1) is 12.0 Å². The topological polar surface area (TPSA) is 59.2 Å². The summed E-state index contributed by atoms with van der Waals surface area (Å²) in [6.07, 6.45) is 1.97. The maximum atomic E-state index is 9.65. The van der Waals surface area contributed by atoms with E-state index in [0.29, 0.717) is 11.7 Å². The molecule has 0 fully saturated rings. The SMILES string of the molecule is CCC(c1nc(CCc2ccccc2)no1)C(C)O. The van der Waals surface area contributed by atoms with Crippen LogP contribution in [0.4, 0.5) is 0 Å². The summed E-state index contributed by atoms with van der Waals surface area (Å²) in [5.41, 5.74) is 1.26. The van der Waals surface area contributed by atoms with E-state index >= 15 is 0 Å². The molecular formula is C15H20N2O2. The number of aliphatic hydroxyl groups is 1. The van der Waals surface area contributed by atoms with Crippen molar-refractivity contribution in [3.8, 4) is 0 Å². The molecule has 2 unspecified atom stereocenters. The summed E-state index contributed by atoms with van der Waals surface area (Å²) in [6.45, 7) is 3.76. The van der Waals surface area contributed by atoms with Crippen LogP contribution >= 0.6 is 0 Å². The number of rotatable bonds is 6. The van der Waals surface area contributed by atoms with Crippen molar-refractivity contribution in [1.82, 2.24) is 10.1 Å². The molecule has 0 saturated heterocycles. The van der Waals surface area contributed by atoms with Crippen molar-refractivity contribution in [2.45, 2.75) is 45.1 Å². The third-order valence-electron chi connectivity index (χ3n) is 3.30. The highest BCUT2D eigenvalue weighted by Gasteiger charge is 2.21. The van der Waals surface area contributed by atoms with Crippen LogP contribution in [0.15, 0.2) is 34.9 Å². The lowest BCUT2D eigenvalue weighted by Gasteiger charge is -2.12. The number of nitrogens with zero attached hydrogens (tertiary/aromatic N) is 2. The first-order valence-electron chi connectivity index (χ1n) is 6.75. The Kier molecular flexibility index (Phi) is 4.68. The fourth-order valence-electron chi connectivity index (χ4n) is 2.14. The molecule has 4 heteroatoms. The Hall–Kier alpha value is -1.68. The van der Waals surface area contributed by atoms with Crippen LogP contribution in [0.1, 0.15) is 43.5 Å². The van der Waals surface area contributed by atoms with Crippen LogP contribution in [0.5, 0.6) is 0 Å². The molecule has 102 valence electrons. The monoisotopic (exact) mass is 260 g/mol. The van der Waals surface area contributed by atoms with Crippen molar-refractivity contribution in [1.29, 1.82) is 0 Å². The van der Waals surface area contributed by atoms with Gasteiger partial charge in [-0.1, -0.05) is 42.4 Å². The van der Waals surface area contributed by atoms with E-state index in [2.05, 4.69) is 22.3 Å². The highest BCUT2D eigenvalue weighted by atomic mass is 16.5. The molecule has 0 spiro atoms. The van der Waals surface area contributed by atoms with E-state index in [-0.39, 0.29) is 5.92 Å². The van der Waals surface area contributed by atoms with Gasteiger partial charge in [0.1, 0.15) is 0 Å². The largest absolute Gasteiger partial charge is 0.393 e. The standard InChI is InChI=1S/C15H20N2O2/c1-3-13(11(2)18)15-16-14(17-19-15)10-9-12-7-5-4-6-8-12/h4-8,11,13,18H,3,9-10H2,1-2H3. The lowest BCUT2D eigenvalue weighted by Crippen LogP contribution is -2.14. The Bertz CT molecular complexity index is 494. The first-order chi connectivity index (χ1) is 9.20. The second-order valence-electron chi connectivity index (χ2n) is 4.79. The Balaban J connectivity index is 1.97. The summed E-state index contributed by atoms with van der Waals surface area (Å²) in [7, 11) is 0. The molecule has 4 nitrogen and oxygen atoms in total. The third kappa shape index (κ3) is 3.64. The first kappa shape index (κ1) is 13.7. The van der Waals surface area contributed by atoms with E-state index in [1.54, 1.807) is 6.92 Å². The molecule has 2 rings (SSSR count). The zero-order valence-electron chi connectivity index (χ0n) is 11.4. The Morgan fingerprint density at radius 3 is 2.58 bits per heavy atom. The van der Waals surface area contributed by atoms with Crippen molar-refractivity contribution in [2.24, 2.45) is 0 Å². The van der Waals surface area contributed by atoms with E-state index in [0.717, 1.165) is 19.3 Å². The first-order valence-corrected chi connectivity index (χ1v) is 6.75. The van der Waals surface area contributed by atoms with Crippen LogP contribution in [0.25, 0.3) is 0 Å². The summed E-state index contributed by atoms with van der Waals surface area (Å²) in [5, 5.41) is 13.6. The van der Waals surface area contributed by atoms with Crippen LogP contribution in [-0.4, -0.2) is 21.4 Å². The van der Waals surface area contributed by atoms with Crippen molar-refractivity contribution in [3.05, 3.63) is 47.6 Å². The van der Waals surface area contributed by atoms with Gasteiger partial charge < -0.3 is 9.63 Å². The number of aliphatic hydroxyl groups excluding tert-OH is 1. The fraction of sp³-hybridized carbons (Fsp3) is 0.467. The molecule has 2 aromatic rings. The average Bonchev–Trinajstić information content (AvgIpc) is 2.87. The predicted octanol–water partition coefficient (Wildman–Crippen LogP) is 2.73. The molecular weight excluding hydrogens is 240 g/mol. The molecule has 0 aliphatic rings. The number of hydrogen-bond acceptors (Lipinski definition) is 4. The quantitative estimate of drug-likeness (QED) is 0.867. The predicted molar refractivity (Wildman–Crippen MR) is 72.9 cm³/mol. The minimum absolute atomic E-state index is 0.0713. The summed E-state index contributed by atoms with van der Waals surface area (Å²) < 4.78 is 5.25. The van der Waals surface area contributed by atoms with Crippen molar-refractivity contribution in [2.75, 3.05) is 0 Å². The van der Waals surface area contributed by atoms with Crippen molar-refractivity contribution >= 4 is 0 Å². The van der Waals surface area contributed by atoms with Crippen LogP contribution in [-0.2, 0) is 12.8 Å². The Labute approximate surface area is 113 Å². The fourth-order valence-corrected chi connectivity index (χ4v) is 2.14. The second kappa shape index (κ2) is 6.48. The minimum atomic E-state index is -0.465. The molecule has 1 aromatic heterocycles. The van der Waals surface area contributed by atoms with Gasteiger partial charge in [0, 0.05) is 6.42 Å². The summed E-state index contributed by atoms with van der Waals surface area (Å²) in [6, 6.07) is 10.2. The molecule has 1 aromatic carbocycles. The third-order valence-corrected chi connectivity index (χ3v) is 3.30. The maximum Gasteiger partial charge on any atom is 0.232 e. The summed E-state index contributed by atoms with van der Waals surface area (Å²) in [4.78, 5) is 4.38. The molecule has 0 saturated carbocycles. The van der Waals surface area contributed by atoms with Gasteiger partial charge in [-0.15, -0.1) is 0 Å². The molecule has 2 atom stereocenters. The van der Waals surface area contributed by atoms with Gasteiger partial charge in [0.15, 0.2) is 5.82 Å². The normalized spacial score (nSPS) is 14.3. The number of aryl methyl sites for hydroxylation is 2. The van der Waals surface area contributed by atoms with Gasteiger partial charge in [-0.3, -0.25) is 0 Å². The molecule has 19 heavy (non-hydrogen) atoms. The van der Waals surface area contributed by atoms with Crippen molar-refractivity contribution in [3.63, 3.8) is 0 Å². The lowest BCUT2D eigenvalue weighted by molar-refractivity contribution is 0.141. The summed E-state index contributed by atoms with van der Waals surface area (Å²) >= 11 is 0.